The molecular formula is C17H26N2O3. The number of ether oxygens (including phenoxy) is 1. The molecule has 2 amide bonds. The zero-order valence-electron chi connectivity index (χ0n) is 13.8. The molecule has 0 bridgehead atoms. The fraction of sp³-hybridized carbons (Fsp3) is 0.529. The second-order valence-electron chi connectivity index (χ2n) is 5.75. The Kier molecular flexibility index (Phi) is 7.43. The highest BCUT2D eigenvalue weighted by Crippen LogP contribution is 2.05. The van der Waals surface area contributed by atoms with Gasteiger partial charge >= 0.3 is 6.09 Å². The number of carbonyl (C=O) groups is 2. The number of carbonyl (C=O) groups excluding carboxylic acids is 2. The molecule has 22 heavy (non-hydrogen) atoms. The molecule has 2 atom stereocenters. The molecule has 0 aromatic heterocycles. The van der Waals surface area contributed by atoms with Gasteiger partial charge in [0, 0.05) is 6.04 Å². The van der Waals surface area contributed by atoms with Crippen molar-refractivity contribution in [2.45, 2.75) is 52.8 Å². The topological polar surface area (TPSA) is 67.4 Å². The van der Waals surface area contributed by atoms with E-state index >= 15 is 0 Å². The van der Waals surface area contributed by atoms with Crippen molar-refractivity contribution in [1.82, 2.24) is 10.6 Å². The largest absolute Gasteiger partial charge is 0.445 e. The predicted molar refractivity (Wildman–Crippen MR) is 86.3 cm³/mol. The summed E-state index contributed by atoms with van der Waals surface area (Å²) in [6.07, 6.45) is 0.261. The summed E-state index contributed by atoms with van der Waals surface area (Å²) in [7, 11) is 0. The molecule has 0 aliphatic rings. The van der Waals surface area contributed by atoms with Crippen molar-refractivity contribution in [3.05, 3.63) is 35.9 Å². The maximum Gasteiger partial charge on any atom is 0.408 e. The Morgan fingerprint density at radius 1 is 1.09 bits per heavy atom. The molecule has 5 heteroatoms. The summed E-state index contributed by atoms with van der Waals surface area (Å²) in [5.74, 6) is -0.200. The van der Waals surface area contributed by atoms with Gasteiger partial charge in [0.05, 0.1) is 0 Å². The van der Waals surface area contributed by atoms with Crippen LogP contribution in [0.3, 0.4) is 0 Å². The third-order valence-electron chi connectivity index (χ3n) is 3.44. The van der Waals surface area contributed by atoms with Crippen molar-refractivity contribution in [2.24, 2.45) is 5.92 Å². The van der Waals surface area contributed by atoms with E-state index in [1.165, 1.54) is 0 Å². The maximum absolute atomic E-state index is 12.2. The second kappa shape index (κ2) is 9.07. The Balaban J connectivity index is 2.51. The molecule has 0 saturated carbocycles. The molecule has 1 rings (SSSR count). The first-order chi connectivity index (χ1) is 10.4. The molecule has 2 unspecified atom stereocenters. The number of rotatable bonds is 7. The van der Waals surface area contributed by atoms with Gasteiger partial charge in [0.15, 0.2) is 0 Å². The van der Waals surface area contributed by atoms with Gasteiger partial charge in [-0.3, -0.25) is 4.79 Å². The van der Waals surface area contributed by atoms with Crippen molar-refractivity contribution in [2.75, 3.05) is 0 Å². The SMILES string of the molecule is CCC(C)NC(=O)C(NC(=O)OCc1ccccc1)C(C)C. The van der Waals surface area contributed by atoms with Crippen molar-refractivity contribution < 1.29 is 14.3 Å². The average molecular weight is 306 g/mol. The molecule has 0 radical (unpaired) electrons. The fourth-order valence-corrected chi connectivity index (χ4v) is 1.86. The summed E-state index contributed by atoms with van der Waals surface area (Å²) in [6, 6.07) is 8.90. The number of hydrogen-bond donors (Lipinski definition) is 2. The van der Waals surface area contributed by atoms with E-state index in [0.29, 0.717) is 0 Å². The lowest BCUT2D eigenvalue weighted by atomic mass is 10.0. The zero-order valence-corrected chi connectivity index (χ0v) is 13.8. The van der Waals surface area contributed by atoms with Crippen LogP contribution >= 0.6 is 0 Å². The maximum atomic E-state index is 12.2. The van der Waals surface area contributed by atoms with Crippen molar-refractivity contribution >= 4 is 12.0 Å². The van der Waals surface area contributed by atoms with Crippen LogP contribution in [-0.2, 0) is 16.1 Å². The molecule has 5 nitrogen and oxygen atoms in total. The van der Waals surface area contributed by atoms with Gasteiger partial charge < -0.3 is 15.4 Å². The van der Waals surface area contributed by atoms with E-state index in [-0.39, 0.29) is 24.5 Å². The second-order valence-corrected chi connectivity index (χ2v) is 5.75. The van der Waals surface area contributed by atoms with Gasteiger partial charge in [-0.1, -0.05) is 51.1 Å². The fourth-order valence-electron chi connectivity index (χ4n) is 1.86. The average Bonchev–Trinajstić information content (AvgIpc) is 2.51. The van der Waals surface area contributed by atoms with Gasteiger partial charge in [-0.25, -0.2) is 4.79 Å². The predicted octanol–water partition coefficient (Wildman–Crippen LogP) is 2.85. The van der Waals surface area contributed by atoms with Crippen LogP contribution in [-0.4, -0.2) is 24.1 Å². The Hall–Kier alpha value is -2.04. The van der Waals surface area contributed by atoms with Crippen LogP contribution in [0.5, 0.6) is 0 Å². The lowest BCUT2D eigenvalue weighted by molar-refractivity contribution is -0.124. The third kappa shape index (κ3) is 6.16. The highest BCUT2D eigenvalue weighted by atomic mass is 16.5. The smallest absolute Gasteiger partial charge is 0.408 e. The number of amides is 2. The van der Waals surface area contributed by atoms with E-state index in [2.05, 4.69) is 10.6 Å². The molecule has 1 aromatic rings. The van der Waals surface area contributed by atoms with Crippen molar-refractivity contribution in [1.29, 1.82) is 0 Å². The summed E-state index contributed by atoms with van der Waals surface area (Å²) in [5.41, 5.74) is 0.905. The van der Waals surface area contributed by atoms with Crippen LogP contribution in [0.2, 0.25) is 0 Å². The first-order valence-corrected chi connectivity index (χ1v) is 7.71. The third-order valence-corrected chi connectivity index (χ3v) is 3.44. The van der Waals surface area contributed by atoms with Gasteiger partial charge in [0.2, 0.25) is 5.91 Å². The van der Waals surface area contributed by atoms with Crippen LogP contribution in [0, 0.1) is 5.92 Å². The number of nitrogens with one attached hydrogen (secondary N) is 2. The van der Waals surface area contributed by atoms with Crippen LogP contribution in [0.4, 0.5) is 4.79 Å². The van der Waals surface area contributed by atoms with E-state index in [0.717, 1.165) is 12.0 Å². The van der Waals surface area contributed by atoms with Crippen LogP contribution in [0.15, 0.2) is 30.3 Å². The minimum absolute atomic E-state index is 0.0201. The molecule has 0 saturated heterocycles. The Morgan fingerprint density at radius 3 is 2.27 bits per heavy atom. The molecule has 0 fully saturated rings. The monoisotopic (exact) mass is 306 g/mol. The normalized spacial score (nSPS) is 13.3. The van der Waals surface area contributed by atoms with Gasteiger partial charge in [0.1, 0.15) is 12.6 Å². The molecule has 0 spiro atoms. The number of hydrogen-bond acceptors (Lipinski definition) is 3. The van der Waals surface area contributed by atoms with E-state index in [1.54, 1.807) is 0 Å². The molecular weight excluding hydrogens is 280 g/mol. The van der Waals surface area contributed by atoms with E-state index in [4.69, 9.17) is 4.74 Å². The summed E-state index contributed by atoms with van der Waals surface area (Å²) in [4.78, 5) is 24.1. The first-order valence-electron chi connectivity index (χ1n) is 7.71. The zero-order chi connectivity index (χ0) is 16.5. The summed E-state index contributed by atoms with van der Waals surface area (Å²) in [6.45, 7) is 7.89. The minimum atomic E-state index is -0.600. The first kappa shape index (κ1) is 18.0. The molecule has 0 heterocycles. The highest BCUT2D eigenvalue weighted by Gasteiger charge is 2.25. The van der Waals surface area contributed by atoms with Gasteiger partial charge in [0.25, 0.3) is 0 Å². The van der Waals surface area contributed by atoms with Gasteiger partial charge in [-0.2, -0.15) is 0 Å². The van der Waals surface area contributed by atoms with Crippen molar-refractivity contribution in [3.8, 4) is 0 Å². The molecule has 2 N–H and O–H groups in total. The number of alkyl carbamates (subject to hydrolysis) is 1. The molecule has 0 aliphatic carbocycles. The van der Waals surface area contributed by atoms with Crippen LogP contribution < -0.4 is 10.6 Å². The molecule has 1 aromatic carbocycles. The summed E-state index contributed by atoms with van der Waals surface area (Å²) in [5, 5.41) is 5.52. The number of benzene rings is 1. The van der Waals surface area contributed by atoms with Crippen LogP contribution in [0.1, 0.15) is 39.7 Å². The standard InChI is InChI=1S/C17H26N2O3/c1-5-13(4)18-16(20)15(12(2)3)19-17(21)22-11-14-9-7-6-8-10-14/h6-10,12-13,15H,5,11H2,1-4H3,(H,18,20)(H,19,21). The molecule has 122 valence electrons. The van der Waals surface area contributed by atoms with Crippen LogP contribution in [0.25, 0.3) is 0 Å². The quantitative estimate of drug-likeness (QED) is 0.814. The van der Waals surface area contributed by atoms with Crippen molar-refractivity contribution in [3.63, 3.8) is 0 Å². The van der Waals surface area contributed by atoms with Gasteiger partial charge in [-0.15, -0.1) is 0 Å². The Morgan fingerprint density at radius 2 is 1.73 bits per heavy atom. The van der Waals surface area contributed by atoms with E-state index in [1.807, 2.05) is 58.0 Å². The molecule has 0 aliphatic heterocycles. The lowest BCUT2D eigenvalue weighted by Crippen LogP contribution is -2.51. The van der Waals surface area contributed by atoms with E-state index in [9.17, 15) is 9.59 Å². The lowest BCUT2D eigenvalue weighted by Gasteiger charge is -2.23. The van der Waals surface area contributed by atoms with E-state index < -0.39 is 12.1 Å². The minimum Gasteiger partial charge on any atom is -0.445 e. The summed E-state index contributed by atoms with van der Waals surface area (Å²) < 4.78 is 5.16. The highest BCUT2D eigenvalue weighted by molar-refractivity contribution is 5.86. The Bertz CT molecular complexity index is 474. The van der Waals surface area contributed by atoms with Gasteiger partial charge in [-0.05, 0) is 24.8 Å². The summed E-state index contributed by atoms with van der Waals surface area (Å²) >= 11 is 0. The Labute approximate surface area is 132 Å².